The molecule has 1 heterocycles. The molecule has 0 saturated carbocycles. The van der Waals surface area contributed by atoms with E-state index in [0.717, 1.165) is 29.5 Å². The lowest BCUT2D eigenvalue weighted by Gasteiger charge is -2.19. The predicted molar refractivity (Wildman–Crippen MR) is 139 cm³/mol. The molecule has 0 amide bonds. The van der Waals surface area contributed by atoms with Crippen LogP contribution in [-0.2, 0) is 27.2 Å². The number of methoxy groups -OCH3 is 2. The fourth-order valence-corrected chi connectivity index (χ4v) is 4.05. The highest BCUT2D eigenvalue weighted by Gasteiger charge is 2.18. The van der Waals surface area contributed by atoms with Crippen molar-refractivity contribution in [1.82, 2.24) is 4.57 Å². The van der Waals surface area contributed by atoms with Gasteiger partial charge < -0.3 is 18.8 Å². The molecule has 0 aliphatic carbocycles. The third-order valence-electron chi connectivity index (χ3n) is 5.66. The zero-order chi connectivity index (χ0) is 25.8. The number of aryl methyl sites for hydroxylation is 1. The zero-order valence-corrected chi connectivity index (χ0v) is 21.7. The Labute approximate surface area is 207 Å². The maximum Gasteiger partial charge on any atom is 0.337 e. The number of hydrogen-bond donors (Lipinski definition) is 0. The Hall–Kier alpha value is -3.54. The average Bonchev–Trinajstić information content (AvgIpc) is 3.14. The number of aromatic nitrogens is 1. The van der Waals surface area contributed by atoms with E-state index >= 15 is 0 Å². The van der Waals surface area contributed by atoms with Crippen LogP contribution in [0.25, 0.3) is 17.0 Å². The van der Waals surface area contributed by atoms with Gasteiger partial charge in [0.1, 0.15) is 11.4 Å². The second kappa shape index (κ2) is 10.8. The maximum absolute atomic E-state index is 12.4. The monoisotopic (exact) mass is 477 g/mol. The predicted octanol–water partition coefficient (Wildman–Crippen LogP) is 6.18. The summed E-state index contributed by atoms with van der Waals surface area (Å²) in [5.74, 6) is -0.0954. The highest BCUT2D eigenvalue weighted by Crippen LogP contribution is 2.29. The number of esters is 2. The molecule has 0 aliphatic rings. The topological polar surface area (TPSA) is 66.8 Å². The first-order valence-corrected chi connectivity index (χ1v) is 11.8. The largest absolute Gasteiger partial charge is 0.496 e. The second-order valence-electron chi connectivity index (χ2n) is 9.66. The van der Waals surface area contributed by atoms with Gasteiger partial charge in [0.15, 0.2) is 0 Å². The van der Waals surface area contributed by atoms with E-state index in [0.29, 0.717) is 23.4 Å². The Kier molecular flexibility index (Phi) is 8.05. The van der Waals surface area contributed by atoms with E-state index < -0.39 is 11.6 Å². The normalized spacial score (nSPS) is 12.0. The molecule has 1 aromatic heterocycles. The lowest BCUT2D eigenvalue weighted by molar-refractivity contribution is -0.149. The Bertz CT molecular complexity index is 1260. The van der Waals surface area contributed by atoms with Crippen molar-refractivity contribution in [2.24, 2.45) is 0 Å². The summed E-state index contributed by atoms with van der Waals surface area (Å²) in [6.45, 7) is 10.1. The van der Waals surface area contributed by atoms with Crippen molar-refractivity contribution in [3.8, 4) is 5.75 Å². The van der Waals surface area contributed by atoms with Crippen molar-refractivity contribution in [3.63, 3.8) is 0 Å². The lowest BCUT2D eigenvalue weighted by Crippen LogP contribution is -2.24. The molecule has 0 saturated heterocycles. The molecule has 0 atom stereocenters. The number of nitrogens with zero attached hydrogens (tertiary/aromatic N) is 1. The van der Waals surface area contributed by atoms with E-state index in [9.17, 15) is 9.59 Å². The molecule has 3 aromatic rings. The zero-order valence-electron chi connectivity index (χ0n) is 21.7. The minimum atomic E-state index is -0.539. The first-order valence-electron chi connectivity index (χ1n) is 11.8. The second-order valence-corrected chi connectivity index (χ2v) is 9.66. The van der Waals surface area contributed by atoms with Crippen LogP contribution in [-0.4, -0.2) is 36.3 Å². The van der Waals surface area contributed by atoms with Gasteiger partial charge in [-0.1, -0.05) is 31.5 Å². The van der Waals surface area contributed by atoms with Crippen molar-refractivity contribution < 1.29 is 23.8 Å². The number of hydrogen-bond acceptors (Lipinski definition) is 5. The minimum absolute atomic E-state index is 0.324. The molecule has 3 rings (SSSR count). The van der Waals surface area contributed by atoms with E-state index in [4.69, 9.17) is 14.2 Å². The highest BCUT2D eigenvalue weighted by atomic mass is 16.6. The number of rotatable bonds is 8. The smallest absolute Gasteiger partial charge is 0.337 e. The van der Waals surface area contributed by atoms with Crippen LogP contribution in [0.4, 0.5) is 0 Å². The van der Waals surface area contributed by atoms with E-state index in [-0.39, 0.29) is 5.97 Å². The molecule has 35 heavy (non-hydrogen) atoms. The summed E-state index contributed by atoms with van der Waals surface area (Å²) in [7, 11) is 2.96. The van der Waals surface area contributed by atoms with Gasteiger partial charge in [-0.05, 0) is 69.5 Å². The molecule has 0 radical (unpaired) electrons. The number of ether oxygens (including phenoxy) is 3. The first kappa shape index (κ1) is 26.1. The van der Waals surface area contributed by atoms with Crippen molar-refractivity contribution in [3.05, 3.63) is 70.4 Å². The SMILES string of the molecule is CCCc1cn(Cc2ccc(C(=O)OC)cc2OC)c2cc(C=C(C)C(=O)OC(C)(C)C)ccc12. The Morgan fingerprint density at radius 1 is 1.03 bits per heavy atom. The van der Waals surface area contributed by atoms with Crippen molar-refractivity contribution in [2.75, 3.05) is 14.2 Å². The van der Waals surface area contributed by atoms with E-state index in [2.05, 4.69) is 29.8 Å². The molecular weight excluding hydrogens is 442 g/mol. The fraction of sp³-hybridized carbons (Fsp3) is 0.379. The average molecular weight is 478 g/mol. The third-order valence-corrected chi connectivity index (χ3v) is 5.66. The Morgan fingerprint density at radius 3 is 2.40 bits per heavy atom. The summed E-state index contributed by atoms with van der Waals surface area (Å²) in [6.07, 6.45) is 6.04. The van der Waals surface area contributed by atoms with E-state index in [1.165, 1.54) is 18.1 Å². The third kappa shape index (κ3) is 6.32. The van der Waals surface area contributed by atoms with Crippen LogP contribution in [0.15, 0.2) is 48.2 Å². The van der Waals surface area contributed by atoms with Gasteiger partial charge in [-0.3, -0.25) is 0 Å². The summed E-state index contributed by atoms with van der Waals surface area (Å²) in [5.41, 5.74) is 4.67. The van der Waals surface area contributed by atoms with Gasteiger partial charge >= 0.3 is 11.9 Å². The van der Waals surface area contributed by atoms with E-state index in [1.807, 2.05) is 39.0 Å². The molecule has 6 heteroatoms. The van der Waals surface area contributed by atoms with Crippen LogP contribution >= 0.6 is 0 Å². The number of benzene rings is 2. The van der Waals surface area contributed by atoms with Crippen molar-refractivity contribution in [1.29, 1.82) is 0 Å². The van der Waals surface area contributed by atoms with E-state index in [1.54, 1.807) is 26.2 Å². The number of carbonyl (C=O) groups is 2. The summed E-state index contributed by atoms with van der Waals surface area (Å²) in [4.78, 5) is 24.4. The highest BCUT2D eigenvalue weighted by molar-refractivity contribution is 5.94. The van der Waals surface area contributed by atoms with Crippen LogP contribution in [0.5, 0.6) is 5.75 Å². The molecule has 0 spiro atoms. The quantitative estimate of drug-likeness (QED) is 0.286. The van der Waals surface area contributed by atoms with Gasteiger partial charge in [0.2, 0.25) is 0 Å². The van der Waals surface area contributed by atoms with Crippen molar-refractivity contribution in [2.45, 2.75) is 59.6 Å². The minimum Gasteiger partial charge on any atom is -0.496 e. The van der Waals surface area contributed by atoms with Gasteiger partial charge in [-0.15, -0.1) is 0 Å². The molecule has 2 aromatic carbocycles. The lowest BCUT2D eigenvalue weighted by atomic mass is 10.1. The van der Waals surface area contributed by atoms with Crippen LogP contribution in [0.1, 0.15) is 68.1 Å². The fourth-order valence-electron chi connectivity index (χ4n) is 4.05. The maximum atomic E-state index is 12.4. The molecular formula is C29H35NO5. The molecule has 186 valence electrons. The van der Waals surface area contributed by atoms with Crippen LogP contribution in [0, 0.1) is 0 Å². The number of fused-ring (bicyclic) bond motifs is 1. The molecule has 0 fully saturated rings. The standard InChI is InChI=1S/C29H35NO5/c1-8-9-22-17-30(18-23-12-11-21(28(32)34-7)16-26(23)33-6)25-15-20(10-13-24(22)25)14-19(2)27(31)35-29(3,4)5/h10-17H,8-9,18H2,1-7H3. The molecule has 0 N–H and O–H groups in total. The van der Waals surface area contributed by atoms with Gasteiger partial charge in [-0.25, -0.2) is 9.59 Å². The van der Waals surface area contributed by atoms with Gasteiger partial charge in [-0.2, -0.15) is 0 Å². The molecule has 6 nitrogen and oxygen atoms in total. The molecule has 0 unspecified atom stereocenters. The van der Waals surface area contributed by atoms with Crippen molar-refractivity contribution >= 4 is 28.9 Å². The molecule has 0 aliphatic heterocycles. The Balaban J connectivity index is 2.02. The summed E-state index contributed by atoms with van der Waals surface area (Å²) < 4.78 is 18.1. The summed E-state index contributed by atoms with van der Waals surface area (Å²) in [5, 5.41) is 1.18. The van der Waals surface area contributed by atoms with Crippen LogP contribution in [0.3, 0.4) is 0 Å². The first-order chi connectivity index (χ1) is 16.6. The Morgan fingerprint density at radius 2 is 1.77 bits per heavy atom. The summed E-state index contributed by atoms with van der Waals surface area (Å²) in [6, 6.07) is 11.6. The van der Waals surface area contributed by atoms with Crippen LogP contribution in [0.2, 0.25) is 0 Å². The summed E-state index contributed by atoms with van der Waals surface area (Å²) >= 11 is 0. The number of carbonyl (C=O) groups excluding carboxylic acids is 2. The van der Waals surface area contributed by atoms with Gasteiger partial charge in [0, 0.05) is 28.2 Å². The van der Waals surface area contributed by atoms with Gasteiger partial charge in [0.25, 0.3) is 0 Å². The van der Waals surface area contributed by atoms with Crippen LogP contribution < -0.4 is 4.74 Å². The molecule has 0 bridgehead atoms. The van der Waals surface area contributed by atoms with Gasteiger partial charge in [0.05, 0.1) is 26.3 Å².